The lowest BCUT2D eigenvalue weighted by Crippen LogP contribution is -2.51. The van der Waals surface area contributed by atoms with Crippen LogP contribution in [0.3, 0.4) is 0 Å². The van der Waals surface area contributed by atoms with Crippen LogP contribution in [0.4, 0.5) is 4.79 Å². The number of H-pyrrole nitrogens is 1. The van der Waals surface area contributed by atoms with Crippen molar-refractivity contribution >= 4 is 33.0 Å². The van der Waals surface area contributed by atoms with Gasteiger partial charge in [-0.3, -0.25) is 4.79 Å². The number of benzene rings is 1. The van der Waals surface area contributed by atoms with Gasteiger partial charge in [-0.1, -0.05) is 12.1 Å². The Morgan fingerprint density at radius 3 is 2.22 bits per heavy atom. The van der Waals surface area contributed by atoms with Gasteiger partial charge in [0.05, 0.1) is 27.6 Å². The summed E-state index contributed by atoms with van der Waals surface area (Å²) in [4.78, 5) is 41.2. The van der Waals surface area contributed by atoms with Crippen LogP contribution in [0, 0.1) is 0 Å². The van der Waals surface area contributed by atoms with Crippen LogP contribution in [0.1, 0.15) is 45.0 Å². The smallest absolute Gasteiger partial charge is 0.410 e. The lowest BCUT2D eigenvalue weighted by molar-refractivity contribution is 0.0141. The molecule has 1 N–H and O–H groups in total. The first-order valence-corrected chi connectivity index (χ1v) is 13.4. The molecule has 3 heterocycles. The van der Waals surface area contributed by atoms with Crippen molar-refractivity contribution in [1.82, 2.24) is 24.8 Å². The zero-order chi connectivity index (χ0) is 26.3. The fourth-order valence-electron chi connectivity index (χ4n) is 3.87. The molecule has 3 aromatic rings. The SMILES string of the molecule is CC(C)S(=O)(=O)c1ccc(-c2cnc3[nH]cc(C(=O)N4CCN(C(=O)OC(C)(C)C)CC4)c3n2)cc1. The van der Waals surface area contributed by atoms with Gasteiger partial charge in [-0.15, -0.1) is 0 Å². The molecular weight excluding hydrogens is 482 g/mol. The lowest BCUT2D eigenvalue weighted by Gasteiger charge is -2.35. The van der Waals surface area contributed by atoms with E-state index in [9.17, 15) is 18.0 Å². The molecule has 1 aliphatic heterocycles. The minimum atomic E-state index is -3.37. The predicted molar refractivity (Wildman–Crippen MR) is 135 cm³/mol. The third-order valence-electron chi connectivity index (χ3n) is 5.93. The monoisotopic (exact) mass is 513 g/mol. The summed E-state index contributed by atoms with van der Waals surface area (Å²) in [5.74, 6) is -0.199. The number of ether oxygens (including phenoxy) is 1. The van der Waals surface area contributed by atoms with E-state index in [2.05, 4.69) is 15.0 Å². The third kappa shape index (κ3) is 5.20. The number of sulfone groups is 1. The van der Waals surface area contributed by atoms with Crippen molar-refractivity contribution in [2.45, 2.75) is 50.4 Å². The Labute approximate surface area is 210 Å². The summed E-state index contributed by atoms with van der Waals surface area (Å²) in [6.07, 6.45) is 2.79. The lowest BCUT2D eigenvalue weighted by atomic mass is 10.1. The highest BCUT2D eigenvalue weighted by Gasteiger charge is 2.29. The number of hydrogen-bond donors (Lipinski definition) is 1. The molecule has 1 aliphatic rings. The van der Waals surface area contributed by atoms with E-state index in [4.69, 9.17) is 4.74 Å². The van der Waals surface area contributed by atoms with Crippen LogP contribution in [0.25, 0.3) is 22.4 Å². The van der Waals surface area contributed by atoms with Gasteiger partial charge in [0.25, 0.3) is 5.91 Å². The molecule has 0 spiro atoms. The Morgan fingerprint density at radius 2 is 1.64 bits per heavy atom. The number of nitrogens with zero attached hydrogens (tertiary/aromatic N) is 4. The minimum Gasteiger partial charge on any atom is -0.444 e. The Bertz CT molecular complexity index is 1380. The van der Waals surface area contributed by atoms with Crippen molar-refractivity contribution in [2.24, 2.45) is 0 Å². The Kier molecular flexibility index (Phi) is 6.78. The van der Waals surface area contributed by atoms with Crippen LogP contribution in [0.2, 0.25) is 0 Å². The molecule has 11 heteroatoms. The summed E-state index contributed by atoms with van der Waals surface area (Å²) in [6, 6.07) is 6.50. The molecular formula is C25H31N5O5S. The first-order chi connectivity index (χ1) is 16.9. The summed E-state index contributed by atoms with van der Waals surface area (Å²) in [5.41, 5.74) is 1.95. The van der Waals surface area contributed by atoms with E-state index in [-0.39, 0.29) is 16.9 Å². The second-order valence-corrected chi connectivity index (χ2v) is 12.5. The summed E-state index contributed by atoms with van der Waals surface area (Å²) >= 11 is 0. The van der Waals surface area contributed by atoms with Gasteiger partial charge in [0, 0.05) is 37.9 Å². The predicted octanol–water partition coefficient (Wildman–Crippen LogP) is 3.50. The number of aromatic nitrogens is 3. The highest BCUT2D eigenvalue weighted by Crippen LogP contribution is 2.25. The topological polar surface area (TPSA) is 126 Å². The summed E-state index contributed by atoms with van der Waals surface area (Å²) in [6.45, 7) is 10.3. The molecule has 2 aromatic heterocycles. The van der Waals surface area contributed by atoms with Gasteiger partial charge in [-0.25, -0.2) is 23.2 Å². The number of aromatic amines is 1. The second kappa shape index (κ2) is 9.53. The minimum absolute atomic E-state index is 0.199. The maximum atomic E-state index is 13.3. The van der Waals surface area contributed by atoms with E-state index in [0.717, 1.165) is 0 Å². The Morgan fingerprint density at radius 1 is 1.03 bits per heavy atom. The molecule has 0 saturated carbocycles. The molecule has 192 valence electrons. The zero-order valence-corrected chi connectivity index (χ0v) is 21.9. The first kappa shape index (κ1) is 25.6. The molecule has 1 aromatic carbocycles. The van der Waals surface area contributed by atoms with E-state index in [0.29, 0.717) is 54.2 Å². The summed E-state index contributed by atoms with van der Waals surface area (Å²) in [7, 11) is -3.37. The third-order valence-corrected chi connectivity index (χ3v) is 8.10. The van der Waals surface area contributed by atoms with Crippen molar-refractivity contribution < 1.29 is 22.7 Å². The number of hydrogen-bond acceptors (Lipinski definition) is 7. The number of piperazine rings is 1. The molecule has 0 unspecified atom stereocenters. The molecule has 0 bridgehead atoms. The van der Waals surface area contributed by atoms with E-state index in [1.165, 1.54) is 0 Å². The normalized spacial score (nSPS) is 14.9. The molecule has 10 nitrogen and oxygen atoms in total. The molecule has 1 saturated heterocycles. The fraction of sp³-hybridized carbons (Fsp3) is 0.440. The van der Waals surface area contributed by atoms with Gasteiger partial charge >= 0.3 is 6.09 Å². The van der Waals surface area contributed by atoms with Gasteiger partial charge in [0.15, 0.2) is 15.5 Å². The van der Waals surface area contributed by atoms with Gasteiger partial charge in [0.1, 0.15) is 11.1 Å². The van der Waals surface area contributed by atoms with E-state index in [1.807, 2.05) is 20.8 Å². The fourth-order valence-corrected chi connectivity index (χ4v) is 4.93. The summed E-state index contributed by atoms with van der Waals surface area (Å²) in [5, 5.41) is -0.515. The molecule has 2 amide bonds. The average molecular weight is 514 g/mol. The highest BCUT2D eigenvalue weighted by atomic mass is 32.2. The van der Waals surface area contributed by atoms with E-state index >= 15 is 0 Å². The van der Waals surface area contributed by atoms with Crippen molar-refractivity contribution in [1.29, 1.82) is 0 Å². The Balaban J connectivity index is 1.52. The van der Waals surface area contributed by atoms with Gasteiger partial charge in [-0.2, -0.15) is 0 Å². The highest BCUT2D eigenvalue weighted by molar-refractivity contribution is 7.92. The first-order valence-electron chi connectivity index (χ1n) is 11.8. The number of fused-ring (bicyclic) bond motifs is 1. The van der Waals surface area contributed by atoms with Crippen LogP contribution >= 0.6 is 0 Å². The van der Waals surface area contributed by atoms with Gasteiger partial charge in [0.2, 0.25) is 0 Å². The number of rotatable bonds is 4. The van der Waals surface area contributed by atoms with Crippen LogP contribution in [-0.4, -0.2) is 82.2 Å². The number of carbonyl (C=O) groups excluding carboxylic acids is 2. The Hall–Kier alpha value is -3.47. The van der Waals surface area contributed by atoms with Crippen molar-refractivity contribution in [3.05, 3.63) is 42.2 Å². The average Bonchev–Trinajstić information content (AvgIpc) is 3.26. The quantitative estimate of drug-likeness (QED) is 0.566. The van der Waals surface area contributed by atoms with Crippen LogP contribution in [0.5, 0.6) is 0 Å². The van der Waals surface area contributed by atoms with Crippen LogP contribution in [-0.2, 0) is 14.6 Å². The maximum Gasteiger partial charge on any atom is 0.410 e. The molecule has 0 radical (unpaired) electrons. The molecule has 36 heavy (non-hydrogen) atoms. The van der Waals surface area contributed by atoms with Crippen molar-refractivity contribution in [3.63, 3.8) is 0 Å². The van der Waals surface area contributed by atoms with Crippen LogP contribution < -0.4 is 0 Å². The molecule has 0 atom stereocenters. The molecule has 0 aliphatic carbocycles. The largest absolute Gasteiger partial charge is 0.444 e. The summed E-state index contributed by atoms with van der Waals surface area (Å²) < 4.78 is 30.2. The maximum absolute atomic E-state index is 13.3. The zero-order valence-electron chi connectivity index (χ0n) is 21.1. The van der Waals surface area contributed by atoms with E-state index in [1.54, 1.807) is 60.3 Å². The second-order valence-electron chi connectivity index (χ2n) is 10.0. The standard InChI is InChI=1S/C25H31N5O5S/c1-16(2)36(33,34)18-8-6-17(7-9-18)20-15-27-22-21(28-20)19(14-26-22)23(31)29-10-12-30(13-11-29)24(32)35-25(3,4)5/h6-9,14-16H,10-13H2,1-5H3,(H,26,27). The molecule has 4 rings (SSSR count). The van der Waals surface area contributed by atoms with Gasteiger partial charge < -0.3 is 19.5 Å². The number of carbonyl (C=O) groups is 2. The van der Waals surface area contributed by atoms with Crippen molar-refractivity contribution in [2.75, 3.05) is 26.2 Å². The number of nitrogens with one attached hydrogen (secondary N) is 1. The van der Waals surface area contributed by atoms with E-state index < -0.39 is 20.7 Å². The van der Waals surface area contributed by atoms with Crippen LogP contribution in [0.15, 0.2) is 41.6 Å². The number of amides is 2. The molecule has 1 fully saturated rings. The van der Waals surface area contributed by atoms with Crippen molar-refractivity contribution in [3.8, 4) is 11.3 Å². The van der Waals surface area contributed by atoms with Gasteiger partial charge in [-0.05, 0) is 46.8 Å².